The average Bonchev–Trinajstić information content (AvgIpc) is 2.82. The van der Waals surface area contributed by atoms with Crippen molar-refractivity contribution in [3.63, 3.8) is 0 Å². The van der Waals surface area contributed by atoms with E-state index < -0.39 is 0 Å². The summed E-state index contributed by atoms with van der Waals surface area (Å²) in [6, 6.07) is 2.25. The van der Waals surface area contributed by atoms with Crippen LogP contribution >= 0.6 is 15.9 Å². The molecule has 1 aliphatic rings. The van der Waals surface area contributed by atoms with E-state index in [4.69, 9.17) is 0 Å². The number of carbonyl (C=O) groups excluding carboxylic acids is 1. The fourth-order valence-electron chi connectivity index (χ4n) is 2.73. The largest absolute Gasteiger partial charge is 0.343 e. The van der Waals surface area contributed by atoms with Crippen LogP contribution in [0.4, 0.5) is 0 Å². The zero-order chi connectivity index (χ0) is 13.8. The molecule has 1 saturated heterocycles. The number of carbonyl (C=O) groups is 1. The van der Waals surface area contributed by atoms with E-state index in [2.05, 4.69) is 35.1 Å². The second kappa shape index (κ2) is 6.57. The Kier molecular flexibility index (Phi) is 5.05. The van der Waals surface area contributed by atoms with Gasteiger partial charge in [-0.2, -0.15) is 0 Å². The number of amides is 1. The Labute approximate surface area is 123 Å². The second-order valence-electron chi connectivity index (χ2n) is 4.92. The van der Waals surface area contributed by atoms with E-state index in [9.17, 15) is 4.79 Å². The first-order valence-electron chi connectivity index (χ1n) is 7.04. The first-order chi connectivity index (χ1) is 9.17. The molecule has 1 atom stereocenters. The Morgan fingerprint density at radius 3 is 2.95 bits per heavy atom. The highest BCUT2D eigenvalue weighted by Crippen LogP contribution is 2.19. The third kappa shape index (κ3) is 3.20. The number of nitrogens with one attached hydrogen (secondary N) is 1. The average molecular weight is 328 g/mol. The zero-order valence-corrected chi connectivity index (χ0v) is 13.2. The summed E-state index contributed by atoms with van der Waals surface area (Å²) in [4.78, 5) is 14.7. The predicted octanol–water partition coefficient (Wildman–Crippen LogP) is 2.48. The second-order valence-corrected chi connectivity index (χ2v) is 5.84. The summed E-state index contributed by atoms with van der Waals surface area (Å²) in [6.07, 6.45) is 4.22. The summed E-state index contributed by atoms with van der Waals surface area (Å²) < 4.78 is 2.97. The van der Waals surface area contributed by atoms with Gasteiger partial charge in [0.1, 0.15) is 5.69 Å². The molecule has 1 aliphatic heterocycles. The summed E-state index contributed by atoms with van der Waals surface area (Å²) >= 11 is 3.46. The van der Waals surface area contributed by atoms with Crippen molar-refractivity contribution in [3.8, 4) is 0 Å². The molecule has 19 heavy (non-hydrogen) atoms. The first-order valence-corrected chi connectivity index (χ1v) is 7.84. The van der Waals surface area contributed by atoms with Crippen molar-refractivity contribution in [2.75, 3.05) is 19.6 Å². The molecule has 0 bridgehead atoms. The van der Waals surface area contributed by atoms with Crippen LogP contribution in [0.1, 0.15) is 37.2 Å². The first kappa shape index (κ1) is 14.6. The summed E-state index contributed by atoms with van der Waals surface area (Å²) in [6.45, 7) is 7.67. The van der Waals surface area contributed by atoms with Crippen LogP contribution in [-0.4, -0.2) is 41.1 Å². The molecule has 1 unspecified atom stereocenters. The van der Waals surface area contributed by atoms with Crippen LogP contribution in [0.2, 0.25) is 0 Å². The molecule has 0 spiro atoms. The summed E-state index contributed by atoms with van der Waals surface area (Å²) in [5, 5.41) is 3.38. The number of nitrogens with zero attached hydrogens (tertiary/aromatic N) is 2. The Bertz CT molecular complexity index is 438. The molecule has 1 aromatic rings. The molecule has 106 valence electrons. The van der Waals surface area contributed by atoms with E-state index >= 15 is 0 Å². The lowest BCUT2D eigenvalue weighted by molar-refractivity contribution is 0.0651. The third-order valence-electron chi connectivity index (χ3n) is 3.74. The molecule has 0 aromatic carbocycles. The third-order valence-corrected chi connectivity index (χ3v) is 4.17. The summed E-state index contributed by atoms with van der Waals surface area (Å²) in [7, 11) is 0. The number of aryl methyl sites for hydroxylation is 1. The van der Waals surface area contributed by atoms with Gasteiger partial charge in [0.05, 0.1) is 0 Å². The smallest absolute Gasteiger partial charge is 0.270 e. The van der Waals surface area contributed by atoms with Crippen molar-refractivity contribution in [1.82, 2.24) is 14.8 Å². The minimum absolute atomic E-state index is 0.142. The molecule has 2 rings (SSSR count). The van der Waals surface area contributed by atoms with Gasteiger partial charge in [-0.1, -0.05) is 0 Å². The Balaban J connectivity index is 2.19. The van der Waals surface area contributed by atoms with E-state index in [0.717, 1.165) is 49.2 Å². The van der Waals surface area contributed by atoms with Crippen molar-refractivity contribution in [2.45, 2.75) is 39.3 Å². The molecule has 0 aliphatic carbocycles. The Hall–Kier alpha value is -0.810. The van der Waals surface area contributed by atoms with Gasteiger partial charge in [-0.05, 0) is 55.2 Å². The van der Waals surface area contributed by atoms with Crippen molar-refractivity contribution >= 4 is 21.8 Å². The molecular weight excluding hydrogens is 306 g/mol. The molecule has 5 heteroatoms. The van der Waals surface area contributed by atoms with Crippen LogP contribution in [-0.2, 0) is 6.54 Å². The van der Waals surface area contributed by atoms with Crippen LogP contribution in [0, 0.1) is 0 Å². The van der Waals surface area contributed by atoms with Gasteiger partial charge in [-0.3, -0.25) is 4.79 Å². The Morgan fingerprint density at radius 2 is 2.37 bits per heavy atom. The monoisotopic (exact) mass is 327 g/mol. The van der Waals surface area contributed by atoms with E-state index in [1.54, 1.807) is 0 Å². The SMILES string of the molecule is CCN(C(=O)c1cc(Br)cn1CC)C1CCCNC1. The van der Waals surface area contributed by atoms with Gasteiger partial charge in [0.2, 0.25) is 0 Å². The predicted molar refractivity (Wildman–Crippen MR) is 80.4 cm³/mol. The highest BCUT2D eigenvalue weighted by molar-refractivity contribution is 9.10. The molecular formula is C14H22BrN3O. The van der Waals surface area contributed by atoms with Crippen molar-refractivity contribution in [3.05, 3.63) is 22.4 Å². The molecule has 2 heterocycles. The van der Waals surface area contributed by atoms with Crippen LogP contribution in [0.15, 0.2) is 16.7 Å². The number of hydrogen-bond acceptors (Lipinski definition) is 2. The number of likely N-dealkylation sites (N-methyl/N-ethyl adjacent to an activating group) is 1. The molecule has 0 saturated carbocycles. The minimum Gasteiger partial charge on any atom is -0.343 e. The molecule has 1 aromatic heterocycles. The van der Waals surface area contributed by atoms with Crippen LogP contribution < -0.4 is 5.32 Å². The maximum atomic E-state index is 12.7. The lowest BCUT2D eigenvalue weighted by Crippen LogP contribution is -2.49. The van der Waals surface area contributed by atoms with Crippen molar-refractivity contribution in [2.24, 2.45) is 0 Å². The molecule has 1 amide bonds. The van der Waals surface area contributed by atoms with E-state index in [0.29, 0.717) is 6.04 Å². The lowest BCUT2D eigenvalue weighted by atomic mass is 10.1. The van der Waals surface area contributed by atoms with Crippen molar-refractivity contribution in [1.29, 1.82) is 0 Å². The van der Waals surface area contributed by atoms with Crippen LogP contribution in [0.3, 0.4) is 0 Å². The van der Waals surface area contributed by atoms with Gasteiger partial charge < -0.3 is 14.8 Å². The fourth-order valence-corrected chi connectivity index (χ4v) is 3.19. The molecule has 0 radical (unpaired) electrons. The fraction of sp³-hybridized carbons (Fsp3) is 0.643. The van der Waals surface area contributed by atoms with E-state index in [1.807, 2.05) is 21.7 Å². The maximum Gasteiger partial charge on any atom is 0.270 e. The van der Waals surface area contributed by atoms with Crippen LogP contribution in [0.5, 0.6) is 0 Å². The van der Waals surface area contributed by atoms with Crippen LogP contribution in [0.25, 0.3) is 0 Å². The number of rotatable bonds is 4. The summed E-state index contributed by atoms with van der Waals surface area (Å²) in [5.41, 5.74) is 0.779. The molecule has 4 nitrogen and oxygen atoms in total. The normalized spacial score (nSPS) is 19.4. The van der Waals surface area contributed by atoms with Gasteiger partial charge in [-0.25, -0.2) is 0 Å². The topological polar surface area (TPSA) is 37.3 Å². The van der Waals surface area contributed by atoms with E-state index in [1.165, 1.54) is 0 Å². The van der Waals surface area contributed by atoms with Gasteiger partial charge >= 0.3 is 0 Å². The van der Waals surface area contributed by atoms with Gasteiger partial charge in [0.25, 0.3) is 5.91 Å². The molecule has 1 fully saturated rings. The number of hydrogen-bond donors (Lipinski definition) is 1. The van der Waals surface area contributed by atoms with Gasteiger partial charge in [0, 0.05) is 36.3 Å². The summed E-state index contributed by atoms with van der Waals surface area (Å²) in [5.74, 6) is 0.142. The molecule has 1 N–H and O–H groups in total. The zero-order valence-electron chi connectivity index (χ0n) is 11.7. The van der Waals surface area contributed by atoms with Gasteiger partial charge in [0.15, 0.2) is 0 Å². The highest BCUT2D eigenvalue weighted by atomic mass is 79.9. The standard InChI is InChI=1S/C14H22BrN3O/c1-3-17-10-11(15)8-13(17)14(19)18(4-2)12-6-5-7-16-9-12/h8,10,12,16H,3-7,9H2,1-2H3. The number of aromatic nitrogens is 1. The highest BCUT2D eigenvalue weighted by Gasteiger charge is 2.26. The van der Waals surface area contributed by atoms with Gasteiger partial charge in [-0.15, -0.1) is 0 Å². The maximum absolute atomic E-state index is 12.7. The Morgan fingerprint density at radius 1 is 1.58 bits per heavy atom. The number of halogens is 1. The minimum atomic E-state index is 0.142. The van der Waals surface area contributed by atoms with Crippen molar-refractivity contribution < 1.29 is 4.79 Å². The number of piperidine rings is 1. The lowest BCUT2D eigenvalue weighted by Gasteiger charge is -2.34. The van der Waals surface area contributed by atoms with E-state index in [-0.39, 0.29) is 5.91 Å². The quantitative estimate of drug-likeness (QED) is 0.922.